The van der Waals surface area contributed by atoms with Gasteiger partial charge in [0.05, 0.1) is 12.9 Å². The molecule has 1 fully saturated rings. The molecule has 1 unspecified atom stereocenters. The Balaban J connectivity index is 1.88. The quantitative estimate of drug-likeness (QED) is 0.796. The van der Waals surface area contributed by atoms with Crippen molar-refractivity contribution in [3.05, 3.63) is 11.8 Å². The standard InChI is InChI=1S/C15H27NOS/c1-2-7-16-15(14-4-3-8-17-12-14)11-13-5-9-18-10-6-13/h12-13,15-16H,2-11H2,1H3. The van der Waals surface area contributed by atoms with Crippen LogP contribution >= 0.6 is 11.8 Å². The molecule has 3 heteroatoms. The lowest BCUT2D eigenvalue weighted by atomic mass is 9.89. The second-order valence-corrected chi connectivity index (χ2v) is 6.69. The molecule has 0 aromatic rings. The number of rotatable bonds is 6. The molecule has 0 saturated carbocycles. The first-order valence-electron chi connectivity index (χ1n) is 7.51. The van der Waals surface area contributed by atoms with Gasteiger partial charge in [-0.05, 0) is 68.1 Å². The topological polar surface area (TPSA) is 21.3 Å². The fourth-order valence-electron chi connectivity index (χ4n) is 2.84. The molecule has 2 nitrogen and oxygen atoms in total. The van der Waals surface area contributed by atoms with E-state index in [1.807, 2.05) is 6.26 Å². The van der Waals surface area contributed by atoms with Crippen molar-refractivity contribution in [2.75, 3.05) is 24.7 Å². The van der Waals surface area contributed by atoms with Gasteiger partial charge in [0.25, 0.3) is 0 Å². The number of nitrogens with one attached hydrogen (secondary N) is 1. The van der Waals surface area contributed by atoms with Crippen molar-refractivity contribution in [2.45, 2.75) is 51.5 Å². The van der Waals surface area contributed by atoms with Crippen LogP contribution < -0.4 is 5.32 Å². The summed E-state index contributed by atoms with van der Waals surface area (Å²) in [6.07, 6.45) is 9.79. The van der Waals surface area contributed by atoms with Crippen molar-refractivity contribution >= 4 is 11.8 Å². The van der Waals surface area contributed by atoms with Crippen molar-refractivity contribution in [3.63, 3.8) is 0 Å². The fraction of sp³-hybridized carbons (Fsp3) is 0.867. The van der Waals surface area contributed by atoms with Crippen LogP contribution in [-0.2, 0) is 4.74 Å². The fourth-order valence-corrected chi connectivity index (χ4v) is 4.04. The van der Waals surface area contributed by atoms with Gasteiger partial charge in [0.15, 0.2) is 0 Å². The summed E-state index contributed by atoms with van der Waals surface area (Å²) in [5.41, 5.74) is 1.51. The molecule has 104 valence electrons. The lowest BCUT2D eigenvalue weighted by molar-refractivity contribution is 0.216. The first-order chi connectivity index (χ1) is 8.90. The van der Waals surface area contributed by atoms with Crippen molar-refractivity contribution < 1.29 is 4.74 Å². The van der Waals surface area contributed by atoms with Crippen molar-refractivity contribution in [3.8, 4) is 0 Å². The van der Waals surface area contributed by atoms with Crippen LogP contribution in [0.1, 0.15) is 45.4 Å². The summed E-state index contributed by atoms with van der Waals surface area (Å²) in [6, 6.07) is 0.568. The first kappa shape index (κ1) is 14.3. The second-order valence-electron chi connectivity index (χ2n) is 5.47. The van der Waals surface area contributed by atoms with Gasteiger partial charge in [0, 0.05) is 6.04 Å². The summed E-state index contributed by atoms with van der Waals surface area (Å²) in [7, 11) is 0. The maximum atomic E-state index is 5.53. The van der Waals surface area contributed by atoms with E-state index in [0.29, 0.717) is 6.04 Å². The van der Waals surface area contributed by atoms with Gasteiger partial charge in [-0.15, -0.1) is 0 Å². The van der Waals surface area contributed by atoms with Crippen LogP contribution in [-0.4, -0.2) is 30.7 Å². The highest BCUT2D eigenvalue weighted by atomic mass is 32.2. The normalized spacial score (nSPS) is 23.3. The lowest BCUT2D eigenvalue weighted by Gasteiger charge is -2.30. The number of ether oxygens (including phenoxy) is 1. The Hall–Kier alpha value is -0.150. The maximum absolute atomic E-state index is 5.53. The maximum Gasteiger partial charge on any atom is 0.0876 e. The molecule has 1 atom stereocenters. The monoisotopic (exact) mass is 269 g/mol. The van der Waals surface area contributed by atoms with Gasteiger partial charge in [0.2, 0.25) is 0 Å². The summed E-state index contributed by atoms with van der Waals surface area (Å²) < 4.78 is 5.53. The Morgan fingerprint density at radius 3 is 2.94 bits per heavy atom. The average molecular weight is 269 g/mol. The van der Waals surface area contributed by atoms with Gasteiger partial charge >= 0.3 is 0 Å². The van der Waals surface area contributed by atoms with E-state index < -0.39 is 0 Å². The van der Waals surface area contributed by atoms with Crippen LogP contribution in [0.5, 0.6) is 0 Å². The van der Waals surface area contributed by atoms with Crippen LogP contribution in [0.4, 0.5) is 0 Å². The molecule has 2 aliphatic heterocycles. The number of hydrogen-bond donors (Lipinski definition) is 1. The molecule has 0 amide bonds. The van der Waals surface area contributed by atoms with Crippen LogP contribution in [0.3, 0.4) is 0 Å². The summed E-state index contributed by atoms with van der Waals surface area (Å²) in [5.74, 6) is 3.64. The smallest absolute Gasteiger partial charge is 0.0876 e. The van der Waals surface area contributed by atoms with E-state index in [1.54, 1.807) is 0 Å². The molecule has 0 aromatic carbocycles. The SMILES string of the molecule is CCCNC(CC1CCSCC1)C1=COCCC1. The minimum Gasteiger partial charge on any atom is -0.501 e. The van der Waals surface area contributed by atoms with E-state index in [2.05, 4.69) is 24.0 Å². The highest BCUT2D eigenvalue weighted by Gasteiger charge is 2.22. The Kier molecular flexibility index (Phi) is 6.42. The Bertz CT molecular complexity index is 261. The lowest BCUT2D eigenvalue weighted by Crippen LogP contribution is -2.35. The summed E-state index contributed by atoms with van der Waals surface area (Å²) >= 11 is 2.12. The van der Waals surface area contributed by atoms with E-state index in [9.17, 15) is 0 Å². The number of hydrogen-bond acceptors (Lipinski definition) is 3. The molecule has 0 aliphatic carbocycles. The molecule has 1 N–H and O–H groups in total. The zero-order valence-electron chi connectivity index (χ0n) is 11.6. The molecule has 2 aliphatic rings. The van der Waals surface area contributed by atoms with Gasteiger partial charge < -0.3 is 10.1 Å². The molecule has 0 radical (unpaired) electrons. The highest BCUT2D eigenvalue weighted by molar-refractivity contribution is 7.99. The van der Waals surface area contributed by atoms with E-state index >= 15 is 0 Å². The minimum absolute atomic E-state index is 0.568. The van der Waals surface area contributed by atoms with Crippen molar-refractivity contribution in [1.29, 1.82) is 0 Å². The van der Waals surface area contributed by atoms with Crippen LogP contribution in [0.2, 0.25) is 0 Å². The van der Waals surface area contributed by atoms with Crippen molar-refractivity contribution in [1.82, 2.24) is 5.32 Å². The molecule has 0 spiro atoms. The predicted octanol–water partition coefficient (Wildman–Crippen LogP) is 3.58. The Labute approximate surface area is 116 Å². The molecule has 2 heterocycles. The van der Waals surface area contributed by atoms with Gasteiger partial charge in [-0.3, -0.25) is 0 Å². The molecular formula is C15H27NOS. The first-order valence-corrected chi connectivity index (χ1v) is 8.67. The molecule has 2 rings (SSSR count). The molecular weight excluding hydrogens is 242 g/mol. The summed E-state index contributed by atoms with van der Waals surface area (Å²) in [6.45, 7) is 4.28. The van der Waals surface area contributed by atoms with Gasteiger partial charge in [-0.1, -0.05) is 6.92 Å². The average Bonchev–Trinajstić information content (AvgIpc) is 2.45. The van der Waals surface area contributed by atoms with E-state index in [-0.39, 0.29) is 0 Å². The summed E-state index contributed by atoms with van der Waals surface area (Å²) in [4.78, 5) is 0. The van der Waals surface area contributed by atoms with E-state index in [4.69, 9.17) is 4.74 Å². The Morgan fingerprint density at radius 1 is 1.44 bits per heavy atom. The molecule has 0 aromatic heterocycles. The number of thioether (sulfide) groups is 1. The van der Waals surface area contributed by atoms with Gasteiger partial charge in [-0.25, -0.2) is 0 Å². The van der Waals surface area contributed by atoms with Crippen LogP contribution in [0, 0.1) is 5.92 Å². The largest absolute Gasteiger partial charge is 0.501 e. The van der Waals surface area contributed by atoms with Crippen LogP contribution in [0.25, 0.3) is 0 Å². The third-order valence-corrected chi connectivity index (χ3v) is 5.01. The molecule has 1 saturated heterocycles. The third-order valence-electron chi connectivity index (χ3n) is 3.96. The van der Waals surface area contributed by atoms with Gasteiger partial charge in [0.1, 0.15) is 0 Å². The Morgan fingerprint density at radius 2 is 2.28 bits per heavy atom. The summed E-state index contributed by atoms with van der Waals surface area (Å²) in [5, 5.41) is 3.73. The minimum atomic E-state index is 0.568. The zero-order valence-corrected chi connectivity index (χ0v) is 12.4. The second kappa shape index (κ2) is 8.11. The van der Waals surface area contributed by atoms with Gasteiger partial charge in [-0.2, -0.15) is 11.8 Å². The molecule has 18 heavy (non-hydrogen) atoms. The third kappa shape index (κ3) is 4.51. The van der Waals surface area contributed by atoms with Crippen molar-refractivity contribution in [2.24, 2.45) is 5.92 Å². The highest BCUT2D eigenvalue weighted by Crippen LogP contribution is 2.29. The zero-order chi connectivity index (χ0) is 12.6. The van der Waals surface area contributed by atoms with Crippen LogP contribution in [0.15, 0.2) is 11.8 Å². The van der Waals surface area contributed by atoms with E-state index in [0.717, 1.165) is 19.1 Å². The predicted molar refractivity (Wildman–Crippen MR) is 80.0 cm³/mol. The van der Waals surface area contributed by atoms with E-state index in [1.165, 1.54) is 55.6 Å². The molecule has 0 bridgehead atoms.